The summed E-state index contributed by atoms with van der Waals surface area (Å²) in [6.45, 7) is 6.69. The van der Waals surface area contributed by atoms with Crippen LogP contribution in [0.3, 0.4) is 0 Å². The summed E-state index contributed by atoms with van der Waals surface area (Å²) in [5, 5.41) is 8.77. The zero-order valence-corrected chi connectivity index (χ0v) is 15.0. The molecule has 6 heteroatoms. The monoisotopic (exact) mass is 344 g/mol. The third-order valence-corrected chi connectivity index (χ3v) is 6.09. The Hall–Kier alpha value is -1.66. The Kier molecular flexibility index (Phi) is 4.41. The molecular formula is C18H24N4OS. The van der Waals surface area contributed by atoms with Gasteiger partial charge in [0.25, 0.3) is 5.91 Å². The summed E-state index contributed by atoms with van der Waals surface area (Å²) >= 11 is 1.75. The molecule has 1 saturated heterocycles. The number of piperazine rings is 1. The number of amides is 1. The highest BCUT2D eigenvalue weighted by Crippen LogP contribution is 2.25. The number of hydrogen-bond acceptors (Lipinski definition) is 4. The Balaban J connectivity index is 1.41. The van der Waals surface area contributed by atoms with Crippen molar-refractivity contribution >= 4 is 17.2 Å². The van der Waals surface area contributed by atoms with Crippen molar-refractivity contribution in [1.82, 2.24) is 19.6 Å². The number of carbonyl (C=O) groups excluding carboxylic acids is 1. The number of aromatic nitrogens is 2. The number of thiophene rings is 1. The predicted octanol–water partition coefficient (Wildman–Crippen LogP) is 2.80. The highest BCUT2D eigenvalue weighted by atomic mass is 32.1. The summed E-state index contributed by atoms with van der Waals surface area (Å²) in [6.07, 6.45) is 5.10. The lowest BCUT2D eigenvalue weighted by Gasteiger charge is -2.38. The van der Waals surface area contributed by atoms with Crippen LogP contribution in [0.15, 0.2) is 23.0 Å². The van der Waals surface area contributed by atoms with Crippen LogP contribution in [-0.2, 0) is 13.0 Å². The molecule has 1 atom stereocenters. The summed E-state index contributed by atoms with van der Waals surface area (Å²) in [5.41, 5.74) is 3.35. The lowest BCUT2D eigenvalue weighted by molar-refractivity contribution is 0.0581. The third kappa shape index (κ3) is 2.89. The van der Waals surface area contributed by atoms with Gasteiger partial charge in [-0.2, -0.15) is 16.4 Å². The lowest BCUT2D eigenvalue weighted by atomic mass is 10.1. The van der Waals surface area contributed by atoms with E-state index in [4.69, 9.17) is 0 Å². The number of carbonyl (C=O) groups is 1. The maximum atomic E-state index is 12.9. The third-order valence-electron chi connectivity index (χ3n) is 5.39. The van der Waals surface area contributed by atoms with Gasteiger partial charge in [0, 0.05) is 38.8 Å². The van der Waals surface area contributed by atoms with Crippen LogP contribution in [0.5, 0.6) is 0 Å². The summed E-state index contributed by atoms with van der Waals surface area (Å²) in [6, 6.07) is 2.63. The van der Waals surface area contributed by atoms with Gasteiger partial charge in [0.1, 0.15) is 0 Å². The van der Waals surface area contributed by atoms with Crippen LogP contribution >= 0.6 is 11.3 Å². The van der Waals surface area contributed by atoms with Crippen molar-refractivity contribution in [2.24, 2.45) is 0 Å². The molecule has 1 fully saturated rings. The van der Waals surface area contributed by atoms with E-state index in [1.807, 2.05) is 9.58 Å². The smallest absolute Gasteiger partial charge is 0.257 e. The van der Waals surface area contributed by atoms with E-state index in [0.717, 1.165) is 56.8 Å². The molecule has 128 valence electrons. The Bertz CT molecular complexity index is 701. The maximum Gasteiger partial charge on any atom is 0.257 e. The maximum absolute atomic E-state index is 12.9. The number of nitrogens with zero attached hydrogens (tertiary/aromatic N) is 4. The fraction of sp³-hybridized carbons (Fsp3) is 0.556. The summed E-state index contributed by atoms with van der Waals surface area (Å²) in [7, 11) is 0. The van der Waals surface area contributed by atoms with Crippen LogP contribution in [0.4, 0.5) is 0 Å². The second kappa shape index (κ2) is 6.69. The molecule has 2 aromatic rings. The molecule has 2 aliphatic heterocycles. The van der Waals surface area contributed by atoms with Crippen LogP contribution in [0.1, 0.15) is 47.4 Å². The summed E-state index contributed by atoms with van der Waals surface area (Å²) < 4.78 is 2.02. The minimum atomic E-state index is 0.168. The molecule has 0 bridgehead atoms. The molecular weight excluding hydrogens is 320 g/mol. The molecule has 4 heterocycles. The van der Waals surface area contributed by atoms with Gasteiger partial charge < -0.3 is 4.90 Å². The normalized spacial score (nSPS) is 20.0. The van der Waals surface area contributed by atoms with E-state index >= 15 is 0 Å². The number of rotatable bonds is 3. The van der Waals surface area contributed by atoms with Crippen LogP contribution in [0, 0.1) is 0 Å². The lowest BCUT2D eigenvalue weighted by Crippen LogP contribution is -2.49. The van der Waals surface area contributed by atoms with E-state index in [-0.39, 0.29) is 5.91 Å². The Labute approximate surface area is 146 Å². The molecule has 2 aromatic heterocycles. The van der Waals surface area contributed by atoms with E-state index in [9.17, 15) is 4.79 Å². The molecule has 2 aliphatic rings. The highest BCUT2D eigenvalue weighted by Gasteiger charge is 2.28. The van der Waals surface area contributed by atoms with Gasteiger partial charge in [-0.25, -0.2) is 0 Å². The van der Waals surface area contributed by atoms with Crippen molar-refractivity contribution in [2.75, 3.05) is 26.2 Å². The van der Waals surface area contributed by atoms with E-state index in [0.29, 0.717) is 6.04 Å². The molecule has 0 saturated carbocycles. The first-order chi connectivity index (χ1) is 11.7. The Morgan fingerprint density at radius 1 is 1.21 bits per heavy atom. The van der Waals surface area contributed by atoms with Crippen molar-refractivity contribution in [1.29, 1.82) is 0 Å². The second-order valence-corrected chi connectivity index (χ2v) is 7.53. The van der Waals surface area contributed by atoms with Gasteiger partial charge in [0.2, 0.25) is 0 Å². The average Bonchev–Trinajstić information content (AvgIpc) is 3.30. The first kappa shape index (κ1) is 15.8. The van der Waals surface area contributed by atoms with Gasteiger partial charge in [-0.3, -0.25) is 14.4 Å². The van der Waals surface area contributed by atoms with E-state index in [1.165, 1.54) is 12.0 Å². The first-order valence-electron chi connectivity index (χ1n) is 8.84. The number of fused-ring (bicyclic) bond motifs is 1. The molecule has 24 heavy (non-hydrogen) atoms. The van der Waals surface area contributed by atoms with Crippen molar-refractivity contribution in [2.45, 2.75) is 38.8 Å². The molecule has 0 aliphatic carbocycles. The molecule has 0 unspecified atom stereocenters. The van der Waals surface area contributed by atoms with Gasteiger partial charge >= 0.3 is 0 Å². The largest absolute Gasteiger partial charge is 0.336 e. The minimum Gasteiger partial charge on any atom is -0.336 e. The minimum absolute atomic E-state index is 0.168. The fourth-order valence-electron chi connectivity index (χ4n) is 3.81. The first-order valence-corrected chi connectivity index (χ1v) is 9.78. The standard InChI is InChI=1S/C18H24N4OS/c1-14(15-5-11-24-13-15)20-7-9-21(10-8-20)18(23)16-12-19-22-6-3-2-4-17(16)22/h5,11-14H,2-4,6-10H2,1H3/t14-/m0/s1. The summed E-state index contributed by atoms with van der Waals surface area (Å²) in [4.78, 5) is 17.4. The van der Waals surface area contributed by atoms with Crippen molar-refractivity contribution in [3.05, 3.63) is 39.8 Å². The van der Waals surface area contributed by atoms with E-state index < -0.39 is 0 Å². The van der Waals surface area contributed by atoms with Gasteiger partial charge in [-0.05, 0) is 48.6 Å². The average molecular weight is 344 g/mol. The molecule has 0 spiro atoms. The molecule has 0 radical (unpaired) electrons. The van der Waals surface area contributed by atoms with Gasteiger partial charge in [0.05, 0.1) is 17.5 Å². The molecule has 5 nitrogen and oxygen atoms in total. The van der Waals surface area contributed by atoms with E-state index in [1.54, 1.807) is 17.5 Å². The molecule has 0 N–H and O–H groups in total. The predicted molar refractivity (Wildman–Crippen MR) is 95.4 cm³/mol. The fourth-order valence-corrected chi connectivity index (χ4v) is 4.55. The summed E-state index contributed by atoms with van der Waals surface area (Å²) in [5.74, 6) is 0.168. The Morgan fingerprint density at radius 3 is 2.79 bits per heavy atom. The van der Waals surface area contributed by atoms with E-state index in [2.05, 4.69) is 33.7 Å². The van der Waals surface area contributed by atoms with Gasteiger partial charge in [0.15, 0.2) is 0 Å². The van der Waals surface area contributed by atoms with Crippen LogP contribution in [0.2, 0.25) is 0 Å². The van der Waals surface area contributed by atoms with Crippen molar-refractivity contribution < 1.29 is 4.79 Å². The van der Waals surface area contributed by atoms with Gasteiger partial charge in [-0.15, -0.1) is 0 Å². The van der Waals surface area contributed by atoms with Crippen molar-refractivity contribution in [3.8, 4) is 0 Å². The number of hydrogen-bond donors (Lipinski definition) is 0. The zero-order chi connectivity index (χ0) is 16.5. The second-order valence-electron chi connectivity index (χ2n) is 6.75. The molecule has 0 aromatic carbocycles. The molecule has 1 amide bonds. The molecule has 4 rings (SSSR count). The Morgan fingerprint density at radius 2 is 2.04 bits per heavy atom. The quantitative estimate of drug-likeness (QED) is 0.860. The topological polar surface area (TPSA) is 41.4 Å². The van der Waals surface area contributed by atoms with Crippen LogP contribution in [-0.4, -0.2) is 51.7 Å². The number of aryl methyl sites for hydroxylation is 1. The van der Waals surface area contributed by atoms with Gasteiger partial charge in [-0.1, -0.05) is 0 Å². The SMILES string of the molecule is C[C@@H](c1ccsc1)N1CCN(C(=O)c2cnn3c2CCCC3)CC1. The highest BCUT2D eigenvalue weighted by molar-refractivity contribution is 7.07. The van der Waals surface area contributed by atoms with Crippen LogP contribution < -0.4 is 0 Å². The zero-order valence-electron chi connectivity index (χ0n) is 14.1. The van der Waals surface area contributed by atoms with Crippen molar-refractivity contribution in [3.63, 3.8) is 0 Å². The van der Waals surface area contributed by atoms with Crippen LogP contribution in [0.25, 0.3) is 0 Å².